The summed E-state index contributed by atoms with van der Waals surface area (Å²) in [4.78, 5) is 4.48. The number of nitrogens with zero attached hydrogens (tertiary/aromatic N) is 1. The summed E-state index contributed by atoms with van der Waals surface area (Å²) in [7, 11) is 0. The minimum atomic E-state index is 0.992. The predicted molar refractivity (Wildman–Crippen MR) is 70.3 cm³/mol. The van der Waals surface area contributed by atoms with Crippen molar-refractivity contribution in [3.8, 4) is 0 Å². The van der Waals surface area contributed by atoms with Crippen LogP contribution in [-0.4, -0.2) is 5.71 Å². The molecule has 0 N–H and O–H groups in total. The zero-order valence-electron chi connectivity index (χ0n) is 10.5. The molecular formula is C14H21N. The molecule has 0 aromatic rings. The lowest BCUT2D eigenvalue weighted by Crippen LogP contribution is -1.92. The Kier molecular flexibility index (Phi) is 6.35. The summed E-state index contributed by atoms with van der Waals surface area (Å²) in [6, 6.07) is 0. The maximum Gasteiger partial charge on any atom is 0.0405 e. The fourth-order valence-electron chi connectivity index (χ4n) is 0.867. The third-order valence-electron chi connectivity index (χ3n) is 2.17. The molecule has 0 aliphatic heterocycles. The molecule has 1 nitrogen and oxygen atoms in total. The Morgan fingerprint density at radius 1 is 1.07 bits per heavy atom. The van der Waals surface area contributed by atoms with Gasteiger partial charge in [0.1, 0.15) is 0 Å². The molecule has 1 heteroatoms. The monoisotopic (exact) mass is 203 g/mol. The van der Waals surface area contributed by atoms with Crippen LogP contribution < -0.4 is 0 Å². The molecule has 0 radical (unpaired) electrons. The molecule has 0 aliphatic carbocycles. The summed E-state index contributed by atoms with van der Waals surface area (Å²) in [5.41, 5.74) is 4.22. The topological polar surface area (TPSA) is 12.4 Å². The van der Waals surface area contributed by atoms with Gasteiger partial charge in [-0.25, -0.2) is 0 Å². The molecule has 0 spiro atoms. The van der Waals surface area contributed by atoms with Crippen molar-refractivity contribution in [3.63, 3.8) is 0 Å². The van der Waals surface area contributed by atoms with Crippen LogP contribution in [0.4, 0.5) is 0 Å². The van der Waals surface area contributed by atoms with Gasteiger partial charge in [0, 0.05) is 11.4 Å². The Labute approximate surface area is 93.6 Å². The van der Waals surface area contributed by atoms with Crippen LogP contribution in [0.1, 0.15) is 34.6 Å². The Morgan fingerprint density at radius 2 is 1.67 bits per heavy atom. The lowest BCUT2D eigenvalue weighted by atomic mass is 10.2. The molecule has 0 saturated carbocycles. The molecule has 0 rings (SSSR count). The fourth-order valence-corrected chi connectivity index (χ4v) is 0.867. The van der Waals surface area contributed by atoms with Crippen LogP contribution in [0, 0.1) is 0 Å². The third-order valence-corrected chi connectivity index (χ3v) is 2.17. The second-order valence-corrected chi connectivity index (χ2v) is 3.63. The average molecular weight is 203 g/mol. The van der Waals surface area contributed by atoms with Gasteiger partial charge in [0.25, 0.3) is 0 Å². The van der Waals surface area contributed by atoms with Crippen LogP contribution >= 0.6 is 0 Å². The van der Waals surface area contributed by atoms with Crippen LogP contribution in [0.15, 0.2) is 52.7 Å². The van der Waals surface area contributed by atoms with Gasteiger partial charge in [-0.15, -0.1) is 0 Å². The Balaban J connectivity index is 4.80. The van der Waals surface area contributed by atoms with Gasteiger partial charge >= 0.3 is 0 Å². The molecule has 0 aliphatic rings. The van der Waals surface area contributed by atoms with Gasteiger partial charge in [-0.3, -0.25) is 4.99 Å². The van der Waals surface area contributed by atoms with E-state index in [0.29, 0.717) is 0 Å². The van der Waals surface area contributed by atoms with Crippen LogP contribution in [0.2, 0.25) is 0 Å². The first-order valence-corrected chi connectivity index (χ1v) is 5.17. The number of allylic oxidation sites excluding steroid dienone is 7. The highest BCUT2D eigenvalue weighted by Crippen LogP contribution is 2.08. The molecular weight excluding hydrogens is 182 g/mol. The summed E-state index contributed by atoms with van der Waals surface area (Å²) in [5.74, 6) is 0. The lowest BCUT2D eigenvalue weighted by Gasteiger charge is -2.01. The van der Waals surface area contributed by atoms with E-state index < -0.39 is 0 Å². The Morgan fingerprint density at radius 3 is 2.13 bits per heavy atom. The first kappa shape index (κ1) is 13.6. The van der Waals surface area contributed by atoms with E-state index in [1.54, 1.807) is 0 Å². The summed E-state index contributed by atoms with van der Waals surface area (Å²) in [5, 5.41) is 0. The second-order valence-electron chi connectivity index (χ2n) is 3.63. The van der Waals surface area contributed by atoms with Crippen LogP contribution in [0.3, 0.4) is 0 Å². The van der Waals surface area contributed by atoms with E-state index in [1.165, 1.54) is 5.57 Å². The van der Waals surface area contributed by atoms with Crippen molar-refractivity contribution in [1.82, 2.24) is 0 Å². The van der Waals surface area contributed by atoms with E-state index in [0.717, 1.165) is 17.0 Å². The first-order valence-electron chi connectivity index (χ1n) is 5.17. The minimum absolute atomic E-state index is 0.992. The van der Waals surface area contributed by atoms with Crippen LogP contribution in [0.25, 0.3) is 0 Å². The minimum Gasteiger partial charge on any atom is -0.258 e. The van der Waals surface area contributed by atoms with Gasteiger partial charge in [-0.1, -0.05) is 30.9 Å². The SMILES string of the molecule is C=C(C)C(C)=N/C(C)=C(C)/C=C\C=C/C. The Bertz CT molecular complexity index is 338. The lowest BCUT2D eigenvalue weighted by molar-refractivity contribution is 1.22. The van der Waals surface area contributed by atoms with E-state index in [1.807, 2.05) is 45.9 Å². The quantitative estimate of drug-likeness (QED) is 0.473. The molecule has 0 saturated heterocycles. The number of aliphatic imine (C=N–C) groups is 1. The summed E-state index contributed by atoms with van der Waals surface area (Å²) >= 11 is 0. The van der Waals surface area contributed by atoms with Crippen molar-refractivity contribution in [2.75, 3.05) is 0 Å². The molecule has 0 heterocycles. The molecule has 0 aromatic carbocycles. The normalized spacial score (nSPS) is 14.9. The number of rotatable bonds is 4. The van der Waals surface area contributed by atoms with Gasteiger partial charge in [0.15, 0.2) is 0 Å². The smallest absolute Gasteiger partial charge is 0.0405 e. The van der Waals surface area contributed by atoms with Gasteiger partial charge in [0.05, 0.1) is 0 Å². The summed E-state index contributed by atoms with van der Waals surface area (Å²) in [6.45, 7) is 13.9. The zero-order chi connectivity index (χ0) is 11.8. The van der Waals surface area contributed by atoms with E-state index in [2.05, 4.69) is 24.6 Å². The van der Waals surface area contributed by atoms with E-state index in [9.17, 15) is 0 Å². The van der Waals surface area contributed by atoms with Crippen LogP contribution in [0.5, 0.6) is 0 Å². The highest BCUT2D eigenvalue weighted by molar-refractivity contribution is 5.97. The van der Waals surface area contributed by atoms with E-state index in [4.69, 9.17) is 0 Å². The molecule has 0 amide bonds. The first-order chi connectivity index (χ1) is 6.99. The van der Waals surface area contributed by atoms with Gasteiger partial charge in [-0.05, 0) is 45.8 Å². The molecule has 0 fully saturated rings. The van der Waals surface area contributed by atoms with Crippen molar-refractivity contribution < 1.29 is 0 Å². The largest absolute Gasteiger partial charge is 0.258 e. The maximum absolute atomic E-state index is 4.48. The van der Waals surface area contributed by atoms with Crippen molar-refractivity contribution in [3.05, 3.63) is 47.7 Å². The average Bonchev–Trinajstić information content (AvgIpc) is 2.17. The molecule has 82 valence electrons. The van der Waals surface area contributed by atoms with Crippen molar-refractivity contribution >= 4 is 5.71 Å². The Hall–Kier alpha value is -1.37. The molecule has 0 atom stereocenters. The molecule has 15 heavy (non-hydrogen) atoms. The number of hydrogen-bond acceptors (Lipinski definition) is 1. The van der Waals surface area contributed by atoms with E-state index >= 15 is 0 Å². The number of hydrogen-bond donors (Lipinski definition) is 0. The van der Waals surface area contributed by atoms with Crippen molar-refractivity contribution in [2.45, 2.75) is 34.6 Å². The highest BCUT2D eigenvalue weighted by Gasteiger charge is 1.94. The summed E-state index contributed by atoms with van der Waals surface area (Å²) < 4.78 is 0. The van der Waals surface area contributed by atoms with Crippen LogP contribution in [-0.2, 0) is 0 Å². The standard InChI is InChI=1S/C14H21N/c1-7-8-9-10-12(4)14(6)15-13(5)11(2)3/h7-10H,2H2,1,3-6H3/b8-7-,10-9-,14-12+,15-13?. The van der Waals surface area contributed by atoms with Crippen molar-refractivity contribution in [2.24, 2.45) is 4.99 Å². The molecule has 0 aromatic heterocycles. The summed E-state index contributed by atoms with van der Waals surface area (Å²) in [6.07, 6.45) is 8.09. The fraction of sp³-hybridized carbons (Fsp3) is 0.357. The van der Waals surface area contributed by atoms with Gasteiger partial charge in [-0.2, -0.15) is 0 Å². The predicted octanol–water partition coefficient (Wildman–Crippen LogP) is 4.45. The zero-order valence-corrected chi connectivity index (χ0v) is 10.5. The molecule has 0 bridgehead atoms. The van der Waals surface area contributed by atoms with Crippen molar-refractivity contribution in [1.29, 1.82) is 0 Å². The van der Waals surface area contributed by atoms with Gasteiger partial charge in [0.2, 0.25) is 0 Å². The third kappa shape index (κ3) is 5.84. The van der Waals surface area contributed by atoms with E-state index in [-0.39, 0.29) is 0 Å². The maximum atomic E-state index is 4.48. The van der Waals surface area contributed by atoms with Gasteiger partial charge < -0.3 is 0 Å². The molecule has 0 unspecified atom stereocenters. The highest BCUT2D eigenvalue weighted by atomic mass is 14.7. The second kappa shape index (κ2) is 6.99.